The average molecular weight is 347 g/mol. The van der Waals surface area contributed by atoms with Crippen molar-refractivity contribution in [3.8, 4) is 0 Å². The van der Waals surface area contributed by atoms with E-state index < -0.39 is 12.1 Å². The summed E-state index contributed by atoms with van der Waals surface area (Å²) in [6.07, 6.45) is 0.492. The summed E-state index contributed by atoms with van der Waals surface area (Å²) in [4.78, 5) is 36.9. The largest absolute Gasteiger partial charge is 0.355 e. The van der Waals surface area contributed by atoms with E-state index in [9.17, 15) is 14.4 Å². The first-order valence-corrected chi connectivity index (χ1v) is 8.70. The van der Waals surface area contributed by atoms with Crippen molar-refractivity contribution < 1.29 is 14.4 Å². The molecule has 0 saturated heterocycles. The highest BCUT2D eigenvalue weighted by molar-refractivity contribution is 5.99. The normalized spacial score (nSPS) is 13.0. The molecule has 2 atom stereocenters. The number of carbonyl (C=O) groups is 3. The smallest absolute Gasteiger partial charge is 0.252 e. The second kappa shape index (κ2) is 9.81. The van der Waals surface area contributed by atoms with Crippen LogP contribution < -0.4 is 16.0 Å². The third-order valence-electron chi connectivity index (χ3n) is 3.82. The van der Waals surface area contributed by atoms with Gasteiger partial charge in [-0.25, -0.2) is 0 Å². The molecule has 3 N–H and O–H groups in total. The van der Waals surface area contributed by atoms with Gasteiger partial charge in [0.15, 0.2) is 0 Å². The molecule has 25 heavy (non-hydrogen) atoms. The lowest BCUT2D eigenvalue weighted by atomic mass is 10.0. The second-order valence-electron chi connectivity index (χ2n) is 6.60. The van der Waals surface area contributed by atoms with Crippen molar-refractivity contribution in [2.75, 3.05) is 6.54 Å². The Labute approximate surface area is 149 Å². The molecule has 0 radical (unpaired) electrons. The number of carbonyl (C=O) groups excluding carboxylic acids is 3. The monoisotopic (exact) mass is 347 g/mol. The molecular weight excluding hydrogens is 318 g/mol. The lowest BCUT2D eigenvalue weighted by molar-refractivity contribution is -0.129. The van der Waals surface area contributed by atoms with E-state index in [1.165, 1.54) is 0 Å². The molecule has 1 aromatic rings. The molecule has 2 unspecified atom stereocenters. The van der Waals surface area contributed by atoms with Gasteiger partial charge in [-0.2, -0.15) is 0 Å². The minimum atomic E-state index is -0.691. The van der Waals surface area contributed by atoms with Gasteiger partial charge < -0.3 is 16.0 Å². The van der Waals surface area contributed by atoms with Gasteiger partial charge >= 0.3 is 0 Å². The average Bonchev–Trinajstić information content (AvgIpc) is 2.54. The molecule has 3 amide bonds. The topological polar surface area (TPSA) is 87.3 Å². The van der Waals surface area contributed by atoms with Crippen LogP contribution in [-0.4, -0.2) is 36.3 Å². The van der Waals surface area contributed by atoms with Gasteiger partial charge in [0, 0.05) is 12.1 Å². The zero-order chi connectivity index (χ0) is 19.0. The van der Waals surface area contributed by atoms with Gasteiger partial charge in [0.2, 0.25) is 11.8 Å². The van der Waals surface area contributed by atoms with Crippen LogP contribution in [0.3, 0.4) is 0 Å². The molecule has 0 aliphatic carbocycles. The van der Waals surface area contributed by atoms with Crippen molar-refractivity contribution in [1.82, 2.24) is 16.0 Å². The lowest BCUT2D eigenvalue weighted by Gasteiger charge is -2.22. The molecule has 0 spiro atoms. The van der Waals surface area contributed by atoms with E-state index in [1.807, 2.05) is 39.8 Å². The van der Waals surface area contributed by atoms with E-state index in [1.54, 1.807) is 19.1 Å². The van der Waals surface area contributed by atoms with Gasteiger partial charge in [-0.1, -0.05) is 32.0 Å². The lowest BCUT2D eigenvalue weighted by Crippen LogP contribution is -2.53. The Balaban J connectivity index is 2.83. The summed E-state index contributed by atoms with van der Waals surface area (Å²) in [5.41, 5.74) is 1.39. The second-order valence-corrected chi connectivity index (χ2v) is 6.60. The van der Waals surface area contributed by atoms with Crippen LogP contribution in [0, 0.1) is 12.8 Å². The Morgan fingerprint density at radius 1 is 1.00 bits per heavy atom. The Hall–Kier alpha value is -2.37. The fourth-order valence-electron chi connectivity index (χ4n) is 2.47. The predicted molar refractivity (Wildman–Crippen MR) is 98.2 cm³/mol. The number of rotatable bonds is 8. The van der Waals surface area contributed by atoms with Crippen LogP contribution in [-0.2, 0) is 9.59 Å². The maximum absolute atomic E-state index is 12.5. The summed E-state index contributed by atoms with van der Waals surface area (Å²) in [5.74, 6) is -0.670. The molecule has 138 valence electrons. The first-order valence-electron chi connectivity index (χ1n) is 8.70. The Morgan fingerprint density at radius 2 is 1.64 bits per heavy atom. The van der Waals surface area contributed by atoms with E-state index in [0.29, 0.717) is 18.5 Å². The highest BCUT2D eigenvalue weighted by Crippen LogP contribution is 2.10. The summed E-state index contributed by atoms with van der Waals surface area (Å²) in [5, 5.41) is 8.14. The maximum Gasteiger partial charge on any atom is 0.252 e. The number of hydrogen-bond acceptors (Lipinski definition) is 3. The fraction of sp³-hybridized carbons (Fsp3) is 0.526. The van der Waals surface area contributed by atoms with Crippen LogP contribution in [0.25, 0.3) is 0 Å². The molecule has 1 rings (SSSR count). The van der Waals surface area contributed by atoms with Crippen LogP contribution in [0.2, 0.25) is 0 Å². The van der Waals surface area contributed by atoms with Gasteiger partial charge in [-0.05, 0) is 44.7 Å². The number of benzene rings is 1. The highest BCUT2D eigenvalue weighted by Gasteiger charge is 2.25. The number of likely N-dealkylation sites (N-methyl/N-ethyl adjacent to an activating group) is 1. The van der Waals surface area contributed by atoms with Crippen LogP contribution in [0.1, 0.15) is 50.0 Å². The number of amides is 3. The standard InChI is InChI=1S/C19H29N3O3/c1-6-20-17(23)14(5)21-19(25)16(11-12(2)3)22-18(24)15-10-8-7-9-13(15)4/h7-10,12,14,16H,6,11H2,1-5H3,(H,20,23)(H,21,25)(H,22,24). The van der Waals surface area contributed by atoms with E-state index >= 15 is 0 Å². The molecule has 0 heterocycles. The van der Waals surface area contributed by atoms with Gasteiger partial charge in [0.25, 0.3) is 5.91 Å². The summed E-state index contributed by atoms with van der Waals surface area (Å²) < 4.78 is 0. The van der Waals surface area contributed by atoms with Crippen LogP contribution >= 0.6 is 0 Å². The summed E-state index contributed by atoms with van der Waals surface area (Å²) in [6, 6.07) is 5.88. The fourth-order valence-corrected chi connectivity index (χ4v) is 2.47. The van der Waals surface area contributed by atoms with E-state index in [0.717, 1.165) is 5.56 Å². The van der Waals surface area contributed by atoms with Crippen LogP contribution in [0.15, 0.2) is 24.3 Å². The molecule has 6 nitrogen and oxygen atoms in total. The van der Waals surface area contributed by atoms with Crippen molar-refractivity contribution >= 4 is 17.7 Å². The van der Waals surface area contributed by atoms with E-state index in [4.69, 9.17) is 0 Å². The number of nitrogens with one attached hydrogen (secondary N) is 3. The van der Waals surface area contributed by atoms with Crippen molar-refractivity contribution in [3.05, 3.63) is 35.4 Å². The minimum Gasteiger partial charge on any atom is -0.355 e. The van der Waals surface area contributed by atoms with Crippen molar-refractivity contribution in [2.45, 2.75) is 53.1 Å². The van der Waals surface area contributed by atoms with Crippen molar-refractivity contribution in [3.63, 3.8) is 0 Å². The van der Waals surface area contributed by atoms with Gasteiger partial charge in [0.05, 0.1) is 0 Å². The minimum absolute atomic E-state index is 0.215. The summed E-state index contributed by atoms with van der Waals surface area (Å²) in [6.45, 7) is 9.75. The van der Waals surface area contributed by atoms with Crippen LogP contribution in [0.4, 0.5) is 0 Å². The molecule has 0 aliphatic heterocycles. The predicted octanol–water partition coefficient (Wildman–Crippen LogP) is 1.78. The molecule has 0 aromatic heterocycles. The Bertz CT molecular complexity index is 614. The molecule has 0 fully saturated rings. The number of hydrogen-bond donors (Lipinski definition) is 3. The van der Waals surface area contributed by atoms with E-state index in [-0.39, 0.29) is 23.6 Å². The number of aryl methyl sites for hydroxylation is 1. The molecule has 0 saturated carbocycles. The SMILES string of the molecule is CCNC(=O)C(C)NC(=O)C(CC(C)C)NC(=O)c1ccccc1C. The molecular formula is C19H29N3O3. The summed E-state index contributed by atoms with van der Waals surface area (Å²) >= 11 is 0. The van der Waals surface area contributed by atoms with Gasteiger partial charge in [0.1, 0.15) is 12.1 Å². The zero-order valence-corrected chi connectivity index (χ0v) is 15.7. The van der Waals surface area contributed by atoms with Gasteiger partial charge in [-0.3, -0.25) is 14.4 Å². The third-order valence-corrected chi connectivity index (χ3v) is 3.82. The van der Waals surface area contributed by atoms with Crippen molar-refractivity contribution in [2.24, 2.45) is 5.92 Å². The Kier molecular flexibility index (Phi) is 8.11. The quantitative estimate of drug-likeness (QED) is 0.670. The third kappa shape index (κ3) is 6.57. The molecule has 0 bridgehead atoms. The zero-order valence-electron chi connectivity index (χ0n) is 15.7. The van der Waals surface area contributed by atoms with E-state index in [2.05, 4.69) is 16.0 Å². The molecule has 6 heteroatoms. The van der Waals surface area contributed by atoms with Crippen molar-refractivity contribution in [1.29, 1.82) is 0 Å². The maximum atomic E-state index is 12.5. The van der Waals surface area contributed by atoms with Gasteiger partial charge in [-0.15, -0.1) is 0 Å². The Morgan fingerprint density at radius 3 is 2.20 bits per heavy atom. The molecule has 0 aliphatic rings. The first-order chi connectivity index (χ1) is 11.8. The van der Waals surface area contributed by atoms with Crippen LogP contribution in [0.5, 0.6) is 0 Å². The first kappa shape index (κ1) is 20.7. The highest BCUT2D eigenvalue weighted by atomic mass is 16.2. The molecule has 1 aromatic carbocycles. The summed E-state index contributed by atoms with van der Waals surface area (Å²) in [7, 11) is 0.